The number of nitrogens with zero attached hydrogens (tertiary/aromatic N) is 3. The number of rotatable bonds is 4. The maximum atomic E-state index is 9.56. The van der Waals surface area contributed by atoms with Gasteiger partial charge in [0, 0.05) is 17.1 Å². The topological polar surface area (TPSA) is 50.8 Å². The smallest absolute Gasteiger partial charge is 0.0992 e. The minimum absolute atomic E-state index is 0.581. The SMILES string of the molecule is N#Cc1cccc(N(c2cccc(C#N)c2)c2cccc(-c3ccc4c5c(cccc35)-c3ccccc3-4)c2)c1. The van der Waals surface area contributed by atoms with Gasteiger partial charge in [0.15, 0.2) is 0 Å². The maximum Gasteiger partial charge on any atom is 0.0992 e. The molecule has 1 aliphatic rings. The van der Waals surface area contributed by atoms with Gasteiger partial charge in [-0.1, -0.05) is 78.9 Å². The number of benzene rings is 6. The van der Waals surface area contributed by atoms with Crippen LogP contribution in [0.4, 0.5) is 17.1 Å². The van der Waals surface area contributed by atoms with Crippen molar-refractivity contribution in [3.8, 4) is 45.5 Å². The Hall–Kier alpha value is -5.64. The molecule has 0 unspecified atom stereocenters. The molecule has 0 amide bonds. The highest BCUT2D eigenvalue weighted by Gasteiger charge is 2.22. The summed E-state index contributed by atoms with van der Waals surface area (Å²) in [7, 11) is 0. The average Bonchev–Trinajstić information content (AvgIpc) is 3.33. The first-order valence-corrected chi connectivity index (χ1v) is 12.8. The Morgan fingerprint density at radius 1 is 0.436 bits per heavy atom. The van der Waals surface area contributed by atoms with Crippen molar-refractivity contribution in [1.82, 2.24) is 0 Å². The molecule has 3 nitrogen and oxygen atoms in total. The van der Waals surface area contributed by atoms with Gasteiger partial charge >= 0.3 is 0 Å². The molecule has 0 saturated carbocycles. The first-order chi connectivity index (χ1) is 19.2. The third kappa shape index (κ3) is 3.65. The monoisotopic (exact) mass is 495 g/mol. The van der Waals surface area contributed by atoms with Crippen LogP contribution in [0.2, 0.25) is 0 Å². The van der Waals surface area contributed by atoms with Gasteiger partial charge in [0.1, 0.15) is 0 Å². The van der Waals surface area contributed by atoms with Gasteiger partial charge < -0.3 is 4.90 Å². The summed E-state index contributed by atoms with van der Waals surface area (Å²) < 4.78 is 0. The molecule has 0 fully saturated rings. The molecule has 0 N–H and O–H groups in total. The summed E-state index contributed by atoms with van der Waals surface area (Å²) in [5, 5.41) is 21.6. The fourth-order valence-electron chi connectivity index (χ4n) is 5.75. The van der Waals surface area contributed by atoms with Crippen LogP contribution in [0.15, 0.2) is 127 Å². The lowest BCUT2D eigenvalue weighted by atomic mass is 9.94. The standard InChI is InChI=1S/C36H21N3/c37-22-24-7-3-10-27(19-24)39(28-11-4-8-25(20-28)23-38)29-12-5-9-26(21-29)30-17-18-35-32-14-2-1-13-31(32)34-16-6-15-33(30)36(34)35/h1-21H. The van der Waals surface area contributed by atoms with E-state index in [2.05, 4.69) is 95.9 Å². The van der Waals surface area contributed by atoms with Crippen molar-refractivity contribution in [3.63, 3.8) is 0 Å². The predicted molar refractivity (Wildman–Crippen MR) is 158 cm³/mol. The Kier molecular flexibility index (Phi) is 5.22. The molecule has 0 bridgehead atoms. The number of fused-ring (bicyclic) bond motifs is 3. The van der Waals surface area contributed by atoms with E-state index < -0.39 is 0 Å². The second-order valence-corrected chi connectivity index (χ2v) is 9.64. The van der Waals surface area contributed by atoms with Crippen molar-refractivity contribution in [2.24, 2.45) is 0 Å². The second kappa shape index (κ2) is 9.03. The Bertz CT molecular complexity index is 1920. The number of hydrogen-bond donors (Lipinski definition) is 0. The third-order valence-corrected chi connectivity index (χ3v) is 7.43. The molecular weight excluding hydrogens is 474 g/mol. The predicted octanol–water partition coefficient (Wildman–Crippen LogP) is 9.37. The lowest BCUT2D eigenvalue weighted by Gasteiger charge is -2.26. The van der Waals surface area contributed by atoms with Gasteiger partial charge in [0.25, 0.3) is 0 Å². The zero-order chi connectivity index (χ0) is 26.3. The fourth-order valence-corrected chi connectivity index (χ4v) is 5.75. The Labute approximate surface area is 227 Å². The van der Waals surface area contributed by atoms with Crippen LogP contribution in [0.1, 0.15) is 11.1 Å². The average molecular weight is 496 g/mol. The summed E-state index contributed by atoms with van der Waals surface area (Å²) in [4.78, 5) is 2.10. The van der Waals surface area contributed by atoms with Gasteiger partial charge in [-0.05, 0) is 92.7 Å². The lowest BCUT2D eigenvalue weighted by Crippen LogP contribution is -2.10. The molecule has 1 aliphatic carbocycles. The van der Waals surface area contributed by atoms with E-state index in [4.69, 9.17) is 0 Å². The van der Waals surface area contributed by atoms with Crippen molar-refractivity contribution < 1.29 is 0 Å². The normalized spacial score (nSPS) is 11.0. The van der Waals surface area contributed by atoms with Crippen molar-refractivity contribution >= 4 is 27.8 Å². The van der Waals surface area contributed by atoms with Crippen LogP contribution >= 0.6 is 0 Å². The molecule has 180 valence electrons. The van der Waals surface area contributed by atoms with Crippen molar-refractivity contribution in [2.45, 2.75) is 0 Å². The molecule has 0 spiro atoms. The molecule has 0 radical (unpaired) electrons. The number of anilines is 3. The molecule has 0 heterocycles. The fraction of sp³-hybridized carbons (Fsp3) is 0. The van der Waals surface area contributed by atoms with Crippen molar-refractivity contribution in [3.05, 3.63) is 139 Å². The highest BCUT2D eigenvalue weighted by molar-refractivity contribution is 6.18. The highest BCUT2D eigenvalue weighted by Crippen LogP contribution is 2.49. The Balaban J connectivity index is 1.42. The first kappa shape index (κ1) is 22.5. The van der Waals surface area contributed by atoms with Crippen LogP contribution in [-0.2, 0) is 0 Å². The van der Waals surface area contributed by atoms with Gasteiger partial charge in [0.2, 0.25) is 0 Å². The molecule has 39 heavy (non-hydrogen) atoms. The van der Waals surface area contributed by atoms with E-state index in [-0.39, 0.29) is 0 Å². The number of hydrogen-bond acceptors (Lipinski definition) is 3. The van der Waals surface area contributed by atoms with Crippen LogP contribution in [0.3, 0.4) is 0 Å². The van der Waals surface area contributed by atoms with Crippen LogP contribution in [0, 0.1) is 22.7 Å². The zero-order valence-corrected chi connectivity index (χ0v) is 21.0. The van der Waals surface area contributed by atoms with Gasteiger partial charge in [-0.2, -0.15) is 10.5 Å². The minimum Gasteiger partial charge on any atom is -0.310 e. The second-order valence-electron chi connectivity index (χ2n) is 9.64. The Morgan fingerprint density at radius 2 is 0.949 bits per heavy atom. The van der Waals surface area contributed by atoms with Gasteiger partial charge in [0.05, 0.1) is 23.3 Å². The summed E-state index contributed by atoms with van der Waals surface area (Å²) in [5.74, 6) is 0. The quantitative estimate of drug-likeness (QED) is 0.244. The van der Waals surface area contributed by atoms with Crippen LogP contribution in [-0.4, -0.2) is 0 Å². The molecule has 0 aromatic heterocycles. The van der Waals surface area contributed by atoms with Crippen LogP contribution < -0.4 is 4.90 Å². The van der Waals surface area contributed by atoms with Gasteiger partial charge in [-0.15, -0.1) is 0 Å². The highest BCUT2D eigenvalue weighted by atomic mass is 15.1. The number of nitriles is 2. The van der Waals surface area contributed by atoms with E-state index in [1.165, 1.54) is 38.6 Å². The molecule has 3 heteroatoms. The first-order valence-electron chi connectivity index (χ1n) is 12.8. The zero-order valence-electron chi connectivity index (χ0n) is 21.0. The lowest BCUT2D eigenvalue weighted by molar-refractivity contribution is 1.27. The molecule has 7 rings (SSSR count). The van der Waals surface area contributed by atoms with Crippen LogP contribution in [0.25, 0.3) is 44.2 Å². The van der Waals surface area contributed by atoms with Crippen molar-refractivity contribution in [2.75, 3.05) is 4.90 Å². The van der Waals surface area contributed by atoms with E-state index in [9.17, 15) is 10.5 Å². The van der Waals surface area contributed by atoms with Crippen LogP contribution in [0.5, 0.6) is 0 Å². The van der Waals surface area contributed by atoms with E-state index in [0.717, 1.165) is 22.6 Å². The molecule has 0 aliphatic heterocycles. The van der Waals surface area contributed by atoms with Gasteiger partial charge in [-0.25, -0.2) is 0 Å². The van der Waals surface area contributed by atoms with Gasteiger partial charge in [-0.3, -0.25) is 0 Å². The summed E-state index contributed by atoms with van der Waals surface area (Å²) in [6.07, 6.45) is 0. The minimum atomic E-state index is 0.581. The van der Waals surface area contributed by atoms with E-state index in [1.54, 1.807) is 12.1 Å². The Morgan fingerprint density at radius 3 is 1.59 bits per heavy atom. The molecule has 6 aromatic rings. The maximum absolute atomic E-state index is 9.56. The summed E-state index contributed by atoms with van der Waals surface area (Å²) in [5.41, 5.74) is 11.2. The molecule has 0 atom stereocenters. The third-order valence-electron chi connectivity index (χ3n) is 7.43. The largest absolute Gasteiger partial charge is 0.310 e. The van der Waals surface area contributed by atoms with E-state index >= 15 is 0 Å². The summed E-state index contributed by atoms with van der Waals surface area (Å²) >= 11 is 0. The van der Waals surface area contributed by atoms with E-state index in [0.29, 0.717) is 11.1 Å². The molecule has 6 aromatic carbocycles. The summed E-state index contributed by atoms with van der Waals surface area (Å²) in [6, 6.07) is 47.7. The van der Waals surface area contributed by atoms with Crippen molar-refractivity contribution in [1.29, 1.82) is 10.5 Å². The van der Waals surface area contributed by atoms with E-state index in [1.807, 2.05) is 36.4 Å². The molecule has 0 saturated heterocycles. The molecular formula is C36H21N3. The summed E-state index contributed by atoms with van der Waals surface area (Å²) in [6.45, 7) is 0.